The van der Waals surface area contributed by atoms with Gasteiger partial charge < -0.3 is 37.0 Å². The number of carbonyl (C=O) groups is 3. The first-order valence-electron chi connectivity index (χ1n) is 7.84. The Morgan fingerprint density at radius 1 is 1.21 bits per heavy atom. The first-order chi connectivity index (χ1) is 11.5. The molecule has 2 amide bonds. The van der Waals surface area contributed by atoms with Crippen LogP contribution in [0, 0.1) is 0 Å². The number of unbranched alkanes of at least 4 members (excludes halogenated alkanes) is 1. The summed E-state index contributed by atoms with van der Waals surface area (Å²) in [5.74, 6) is -2.34. The van der Waals surface area contributed by atoms with Crippen LogP contribution in [-0.2, 0) is 20.8 Å². The summed E-state index contributed by atoms with van der Waals surface area (Å²) in [6.07, 6.45) is 4.80. The maximum Gasteiger partial charge on any atom is 0.275 e. The standard InChI is InChI=1S/C14H24N6O4/c15-4-2-1-3-10(19-12(21)6-16)13(22)20-11(14(23)24)5-9-7-17-8-18-9/h7-8,10-11H,1-6,15-16H2,(H,17,18)(H,19,21)(H,20,22)(H,23,24)/p+1/t10-,11-/m0/s1. The van der Waals surface area contributed by atoms with Gasteiger partial charge in [0.2, 0.25) is 5.91 Å². The highest BCUT2D eigenvalue weighted by atomic mass is 16.4. The van der Waals surface area contributed by atoms with Gasteiger partial charge in [-0.05, 0) is 19.3 Å². The van der Waals surface area contributed by atoms with E-state index in [9.17, 15) is 19.5 Å². The molecule has 0 spiro atoms. The maximum atomic E-state index is 12.4. The third-order valence-electron chi connectivity index (χ3n) is 3.45. The van der Waals surface area contributed by atoms with Crippen molar-refractivity contribution < 1.29 is 31.0 Å². The van der Waals surface area contributed by atoms with Gasteiger partial charge in [0.1, 0.15) is 6.04 Å². The number of hydrogen-bond acceptors (Lipinski definition) is 5. The third kappa shape index (κ3) is 6.75. The van der Waals surface area contributed by atoms with Crippen molar-refractivity contribution in [1.82, 2.24) is 20.6 Å². The van der Waals surface area contributed by atoms with Gasteiger partial charge in [0, 0.05) is 18.3 Å². The molecule has 0 aliphatic rings. The number of carboxylic acids is 1. The number of nitrogens with zero attached hydrogens (tertiary/aromatic N) is 1. The topological polar surface area (TPSA) is 182 Å². The van der Waals surface area contributed by atoms with Gasteiger partial charge in [0.05, 0.1) is 24.9 Å². The number of amides is 2. The van der Waals surface area contributed by atoms with Crippen LogP contribution in [0.15, 0.2) is 12.5 Å². The lowest BCUT2D eigenvalue weighted by molar-refractivity contribution is -0.368. The van der Waals surface area contributed by atoms with E-state index in [2.05, 4.69) is 32.1 Å². The summed E-state index contributed by atoms with van der Waals surface area (Å²) in [6.45, 7) is 0.719. The zero-order chi connectivity index (χ0) is 17.9. The molecule has 1 aromatic heterocycles. The first kappa shape index (κ1) is 19.6. The van der Waals surface area contributed by atoms with E-state index in [1.54, 1.807) is 0 Å². The fourth-order valence-corrected chi connectivity index (χ4v) is 2.14. The molecule has 0 saturated heterocycles. The first-order valence-corrected chi connectivity index (χ1v) is 7.84. The molecule has 24 heavy (non-hydrogen) atoms. The van der Waals surface area contributed by atoms with Crippen LogP contribution in [0.2, 0.25) is 0 Å². The summed E-state index contributed by atoms with van der Waals surface area (Å²) in [4.78, 5) is 41.7. The lowest BCUT2D eigenvalue weighted by Gasteiger charge is -2.23. The van der Waals surface area contributed by atoms with E-state index in [0.717, 1.165) is 13.0 Å². The van der Waals surface area contributed by atoms with Crippen LogP contribution < -0.4 is 27.2 Å². The van der Waals surface area contributed by atoms with Gasteiger partial charge in [-0.2, -0.15) is 0 Å². The second-order valence-corrected chi connectivity index (χ2v) is 5.38. The molecule has 9 N–H and O–H groups in total. The van der Waals surface area contributed by atoms with Crippen LogP contribution in [0.5, 0.6) is 0 Å². The normalized spacial score (nSPS) is 13.1. The number of aromatic amines is 1. The van der Waals surface area contributed by atoms with Crippen molar-refractivity contribution >= 4 is 17.8 Å². The van der Waals surface area contributed by atoms with E-state index in [1.165, 1.54) is 12.5 Å². The second-order valence-electron chi connectivity index (χ2n) is 5.38. The van der Waals surface area contributed by atoms with Crippen LogP contribution >= 0.6 is 0 Å². The molecular formula is C14H25N6O4+. The van der Waals surface area contributed by atoms with Crippen LogP contribution in [0.3, 0.4) is 0 Å². The number of carbonyl (C=O) groups excluding carboxylic acids is 3. The number of aliphatic carboxylic acids is 1. The summed E-state index contributed by atoms with van der Waals surface area (Å²) in [7, 11) is 0. The Kier molecular flexibility index (Phi) is 8.44. The molecule has 0 aromatic carbocycles. The lowest BCUT2D eigenvalue weighted by Crippen LogP contribution is -2.61. The van der Waals surface area contributed by atoms with Gasteiger partial charge >= 0.3 is 0 Å². The van der Waals surface area contributed by atoms with Crippen molar-refractivity contribution in [2.24, 2.45) is 0 Å². The molecule has 0 fully saturated rings. The van der Waals surface area contributed by atoms with Gasteiger partial charge in [-0.15, -0.1) is 0 Å². The van der Waals surface area contributed by atoms with Crippen molar-refractivity contribution in [2.75, 3.05) is 13.1 Å². The number of carboxylic acid groups (broad SMARTS) is 1. The Bertz CT molecular complexity index is 533. The van der Waals surface area contributed by atoms with E-state index in [1.807, 2.05) is 0 Å². The highest BCUT2D eigenvalue weighted by Crippen LogP contribution is 2.03. The second kappa shape index (κ2) is 10.3. The Morgan fingerprint density at radius 3 is 2.50 bits per heavy atom. The molecule has 134 valence electrons. The van der Waals surface area contributed by atoms with E-state index in [0.29, 0.717) is 18.5 Å². The smallest absolute Gasteiger partial charge is 0.275 e. The Labute approximate surface area is 139 Å². The summed E-state index contributed by atoms with van der Waals surface area (Å²) in [6, 6.07) is -2.03. The summed E-state index contributed by atoms with van der Waals surface area (Å²) >= 11 is 0. The molecule has 10 nitrogen and oxygen atoms in total. The predicted octanol–water partition coefficient (Wildman–Crippen LogP) is -4.67. The van der Waals surface area contributed by atoms with Crippen LogP contribution in [0.25, 0.3) is 0 Å². The molecule has 0 saturated carbocycles. The Balaban J connectivity index is 2.70. The number of quaternary nitrogens is 2. The summed E-state index contributed by atoms with van der Waals surface area (Å²) in [5.41, 5.74) is 7.74. The predicted molar refractivity (Wildman–Crippen MR) is 80.5 cm³/mol. The molecule has 10 heteroatoms. The number of nitrogens with one attached hydrogen (secondary N) is 3. The fraction of sp³-hybridized carbons (Fsp3) is 0.571. The van der Waals surface area contributed by atoms with Crippen LogP contribution in [0.1, 0.15) is 25.0 Å². The SMILES string of the molecule is [NH3+]CCCC[C@H](NC(=O)C[NH3+])C(=O)N[C@@H](Cc1cnc[nH]1)C(=O)[O-]. The number of aromatic nitrogens is 2. The zero-order valence-corrected chi connectivity index (χ0v) is 13.5. The molecule has 0 aliphatic carbocycles. The van der Waals surface area contributed by atoms with Gasteiger partial charge in [0.15, 0.2) is 6.54 Å². The molecule has 0 unspecified atom stereocenters. The molecule has 0 radical (unpaired) electrons. The van der Waals surface area contributed by atoms with Gasteiger partial charge in [-0.3, -0.25) is 9.59 Å². The largest absolute Gasteiger partial charge is 0.548 e. The minimum atomic E-state index is -1.40. The number of hydrogen-bond donors (Lipinski definition) is 5. The molecule has 1 heterocycles. The Morgan fingerprint density at radius 2 is 1.96 bits per heavy atom. The monoisotopic (exact) mass is 341 g/mol. The summed E-state index contributed by atoms with van der Waals surface area (Å²) in [5, 5.41) is 16.2. The number of imidazole rings is 1. The van der Waals surface area contributed by atoms with Crippen molar-refractivity contribution in [3.05, 3.63) is 18.2 Å². The van der Waals surface area contributed by atoms with E-state index in [-0.39, 0.29) is 18.9 Å². The van der Waals surface area contributed by atoms with E-state index < -0.39 is 24.0 Å². The quantitative estimate of drug-likeness (QED) is 0.253. The average Bonchev–Trinajstić information content (AvgIpc) is 3.06. The minimum Gasteiger partial charge on any atom is -0.548 e. The molecule has 0 bridgehead atoms. The zero-order valence-electron chi connectivity index (χ0n) is 13.5. The molecule has 2 atom stereocenters. The van der Waals surface area contributed by atoms with Crippen LogP contribution in [-0.4, -0.2) is 52.9 Å². The average molecular weight is 341 g/mol. The van der Waals surface area contributed by atoms with E-state index >= 15 is 0 Å². The molecular weight excluding hydrogens is 316 g/mol. The third-order valence-corrected chi connectivity index (χ3v) is 3.45. The number of rotatable bonds is 11. The highest BCUT2D eigenvalue weighted by Gasteiger charge is 2.24. The molecule has 0 aliphatic heterocycles. The van der Waals surface area contributed by atoms with Crippen molar-refractivity contribution in [3.63, 3.8) is 0 Å². The molecule has 1 rings (SSSR count). The van der Waals surface area contributed by atoms with Crippen LogP contribution in [0.4, 0.5) is 0 Å². The van der Waals surface area contributed by atoms with Gasteiger partial charge in [-0.25, -0.2) is 4.98 Å². The van der Waals surface area contributed by atoms with Crippen molar-refractivity contribution in [3.8, 4) is 0 Å². The fourth-order valence-electron chi connectivity index (χ4n) is 2.14. The maximum absolute atomic E-state index is 12.4. The highest BCUT2D eigenvalue weighted by molar-refractivity contribution is 5.90. The van der Waals surface area contributed by atoms with Gasteiger partial charge in [0.25, 0.3) is 5.91 Å². The number of H-pyrrole nitrogens is 1. The van der Waals surface area contributed by atoms with Crippen molar-refractivity contribution in [1.29, 1.82) is 0 Å². The summed E-state index contributed by atoms with van der Waals surface area (Å²) < 4.78 is 0. The lowest BCUT2D eigenvalue weighted by atomic mass is 10.1. The molecule has 1 aromatic rings. The Hall–Kier alpha value is -2.46. The van der Waals surface area contributed by atoms with Crippen molar-refractivity contribution in [2.45, 2.75) is 37.8 Å². The van der Waals surface area contributed by atoms with E-state index in [4.69, 9.17) is 0 Å². The van der Waals surface area contributed by atoms with Gasteiger partial charge in [-0.1, -0.05) is 0 Å². The minimum absolute atomic E-state index is 0.00280.